The lowest BCUT2D eigenvalue weighted by Gasteiger charge is -2.11. The van der Waals surface area contributed by atoms with Gasteiger partial charge in [-0.25, -0.2) is 0 Å². The monoisotopic (exact) mass is 305 g/mol. The summed E-state index contributed by atoms with van der Waals surface area (Å²) < 4.78 is 5.17. The van der Waals surface area contributed by atoms with Crippen molar-refractivity contribution in [2.45, 2.75) is 6.10 Å². The van der Waals surface area contributed by atoms with Crippen LogP contribution in [0.4, 0.5) is 0 Å². The number of allylic oxidation sites excluding steroid dienone is 1. The van der Waals surface area contributed by atoms with Gasteiger partial charge in [-0.2, -0.15) is 0 Å². The average molecular weight is 305 g/mol. The highest BCUT2D eigenvalue weighted by molar-refractivity contribution is 6.06. The average Bonchev–Trinajstić information content (AvgIpc) is 2.49. The highest BCUT2D eigenvalue weighted by Crippen LogP contribution is 2.22. The summed E-state index contributed by atoms with van der Waals surface area (Å²) in [6, 6.07) is 1.55. The van der Waals surface area contributed by atoms with Crippen LogP contribution in [0.1, 0.15) is 22.2 Å². The molecule has 0 amide bonds. The van der Waals surface area contributed by atoms with Gasteiger partial charge in [-0.05, 0) is 18.3 Å². The third-order valence-electron chi connectivity index (χ3n) is 2.77. The van der Waals surface area contributed by atoms with Crippen molar-refractivity contribution in [2.24, 2.45) is 0 Å². The number of nitrogens with zero attached hydrogens (tertiary/aromatic N) is 3. The van der Waals surface area contributed by atoms with Crippen LogP contribution in [0, 0.1) is 0 Å². The molecule has 0 aromatic carbocycles. The number of hydrogen-bond donors (Lipinski definition) is 1. The summed E-state index contributed by atoms with van der Waals surface area (Å²) in [6.07, 6.45) is 6.98. The number of rotatable bonds is 7. The summed E-state index contributed by atoms with van der Waals surface area (Å²) in [5, 5.41) is 10.1. The minimum absolute atomic E-state index is 0.210. The third-order valence-corrected chi connectivity index (χ3v) is 2.77. The Morgan fingerprint density at radius 3 is 2.45 bits per heavy atom. The Labute approximate surface area is 131 Å². The van der Waals surface area contributed by atoms with Crippen molar-refractivity contribution in [1.29, 1.82) is 0 Å². The number of aliphatic hydroxyl groups is 1. The van der Waals surface area contributed by atoms with Crippen LogP contribution < -0.4 is 4.74 Å². The molecular formula is C16H23N3O3. The van der Waals surface area contributed by atoms with E-state index < -0.39 is 6.10 Å². The molecule has 0 saturated heterocycles. The summed E-state index contributed by atoms with van der Waals surface area (Å²) >= 11 is 0. The summed E-state index contributed by atoms with van der Waals surface area (Å²) in [6.45, 7) is 0. The second-order valence-corrected chi connectivity index (χ2v) is 5.20. The van der Waals surface area contributed by atoms with Gasteiger partial charge in [0, 0.05) is 40.5 Å². The van der Waals surface area contributed by atoms with Crippen LogP contribution in [0.3, 0.4) is 0 Å². The SMILES string of the molecule is COc1cnc(C(O)/C=C/N(C)C)cc1C(=O)/C=C/N(C)C. The summed E-state index contributed by atoms with van der Waals surface area (Å²) in [5.74, 6) is 0.166. The fourth-order valence-electron chi connectivity index (χ4n) is 1.63. The number of ether oxygens (including phenoxy) is 1. The summed E-state index contributed by atoms with van der Waals surface area (Å²) in [5.41, 5.74) is 0.753. The molecule has 1 heterocycles. The zero-order valence-electron chi connectivity index (χ0n) is 13.6. The lowest BCUT2D eigenvalue weighted by molar-refractivity contribution is 0.104. The fourth-order valence-corrected chi connectivity index (χ4v) is 1.63. The Bertz CT molecular complexity index is 566. The van der Waals surface area contributed by atoms with E-state index in [0.29, 0.717) is 17.0 Å². The number of methoxy groups -OCH3 is 1. The molecule has 120 valence electrons. The van der Waals surface area contributed by atoms with Crippen molar-refractivity contribution >= 4 is 5.78 Å². The maximum atomic E-state index is 12.2. The second kappa shape index (κ2) is 8.19. The van der Waals surface area contributed by atoms with E-state index in [1.807, 2.05) is 28.2 Å². The zero-order valence-corrected chi connectivity index (χ0v) is 13.6. The Morgan fingerprint density at radius 1 is 1.27 bits per heavy atom. The van der Waals surface area contributed by atoms with E-state index in [2.05, 4.69) is 4.98 Å². The molecule has 0 fully saturated rings. The van der Waals surface area contributed by atoms with Gasteiger partial charge in [-0.3, -0.25) is 9.78 Å². The van der Waals surface area contributed by atoms with E-state index in [0.717, 1.165) is 0 Å². The molecule has 0 aliphatic carbocycles. The van der Waals surface area contributed by atoms with Crippen LogP contribution >= 0.6 is 0 Å². The number of aliphatic hydroxyl groups excluding tert-OH is 1. The predicted molar refractivity (Wildman–Crippen MR) is 85.7 cm³/mol. The topological polar surface area (TPSA) is 65.9 Å². The molecule has 22 heavy (non-hydrogen) atoms. The number of hydrogen-bond acceptors (Lipinski definition) is 6. The van der Waals surface area contributed by atoms with Crippen LogP contribution in [0.2, 0.25) is 0 Å². The quantitative estimate of drug-likeness (QED) is 0.608. The van der Waals surface area contributed by atoms with Crippen LogP contribution in [-0.2, 0) is 0 Å². The van der Waals surface area contributed by atoms with Gasteiger partial charge in [0.15, 0.2) is 5.78 Å². The Morgan fingerprint density at radius 2 is 1.91 bits per heavy atom. The molecule has 0 aliphatic heterocycles. The van der Waals surface area contributed by atoms with Crippen molar-refractivity contribution in [2.75, 3.05) is 35.3 Å². The smallest absolute Gasteiger partial charge is 0.191 e. The molecule has 0 radical (unpaired) electrons. The minimum Gasteiger partial charge on any atom is -0.494 e. The standard InChI is InChI=1S/C16H23N3O3/c1-18(2)8-6-14(20)12-10-13(17-11-16(12)22-5)15(21)7-9-19(3)4/h6-11,15,21H,1-5H3/b8-6+,9-7+. The first-order chi connectivity index (χ1) is 10.3. The number of pyridine rings is 1. The Kier molecular flexibility index (Phi) is 6.59. The first-order valence-electron chi connectivity index (χ1n) is 6.81. The molecule has 1 unspecified atom stereocenters. The molecule has 6 nitrogen and oxygen atoms in total. The minimum atomic E-state index is -0.891. The lowest BCUT2D eigenvalue weighted by atomic mass is 10.1. The normalized spacial score (nSPS) is 12.6. The fraction of sp³-hybridized carbons (Fsp3) is 0.375. The molecule has 1 rings (SSSR count). The summed E-state index contributed by atoms with van der Waals surface area (Å²) in [4.78, 5) is 19.9. The van der Waals surface area contributed by atoms with Crippen LogP contribution in [0.5, 0.6) is 5.75 Å². The molecular weight excluding hydrogens is 282 g/mol. The number of carbonyl (C=O) groups excluding carboxylic acids is 1. The van der Waals surface area contributed by atoms with Crippen LogP contribution in [0.15, 0.2) is 36.8 Å². The largest absolute Gasteiger partial charge is 0.494 e. The van der Waals surface area contributed by atoms with E-state index in [9.17, 15) is 9.90 Å². The summed E-state index contributed by atoms with van der Waals surface area (Å²) in [7, 11) is 8.84. The van der Waals surface area contributed by atoms with Crippen molar-refractivity contribution in [1.82, 2.24) is 14.8 Å². The third kappa shape index (κ3) is 5.21. The molecule has 1 aromatic heterocycles. The predicted octanol–water partition coefficient (Wildman–Crippen LogP) is 1.46. The maximum Gasteiger partial charge on any atom is 0.191 e. The van der Waals surface area contributed by atoms with Gasteiger partial charge in [0.25, 0.3) is 0 Å². The Balaban J connectivity index is 3.10. The van der Waals surface area contributed by atoms with Gasteiger partial charge in [-0.15, -0.1) is 0 Å². The van der Waals surface area contributed by atoms with Gasteiger partial charge < -0.3 is 19.6 Å². The molecule has 0 aliphatic rings. The molecule has 0 saturated carbocycles. The van der Waals surface area contributed by atoms with E-state index >= 15 is 0 Å². The highest BCUT2D eigenvalue weighted by atomic mass is 16.5. The van der Waals surface area contributed by atoms with Gasteiger partial charge >= 0.3 is 0 Å². The second-order valence-electron chi connectivity index (χ2n) is 5.20. The van der Waals surface area contributed by atoms with Crippen LogP contribution in [-0.4, -0.2) is 61.0 Å². The van der Waals surface area contributed by atoms with Crippen LogP contribution in [0.25, 0.3) is 0 Å². The zero-order chi connectivity index (χ0) is 16.7. The van der Waals surface area contributed by atoms with Gasteiger partial charge in [0.2, 0.25) is 0 Å². The van der Waals surface area contributed by atoms with E-state index in [4.69, 9.17) is 4.74 Å². The van der Waals surface area contributed by atoms with Crippen molar-refractivity contribution < 1.29 is 14.6 Å². The van der Waals surface area contributed by atoms with Crippen molar-refractivity contribution in [3.63, 3.8) is 0 Å². The first-order valence-corrected chi connectivity index (χ1v) is 6.81. The highest BCUT2D eigenvalue weighted by Gasteiger charge is 2.15. The van der Waals surface area contributed by atoms with Gasteiger partial charge in [0.05, 0.1) is 24.6 Å². The lowest BCUT2D eigenvalue weighted by Crippen LogP contribution is -2.07. The van der Waals surface area contributed by atoms with E-state index in [1.54, 1.807) is 34.3 Å². The molecule has 6 heteroatoms. The number of carbonyl (C=O) groups is 1. The molecule has 1 N–H and O–H groups in total. The molecule has 1 atom stereocenters. The van der Waals surface area contributed by atoms with E-state index in [-0.39, 0.29) is 5.78 Å². The molecule has 0 spiro atoms. The van der Waals surface area contributed by atoms with Crippen molar-refractivity contribution in [3.8, 4) is 5.75 Å². The number of ketones is 1. The first kappa shape index (κ1) is 17.7. The molecule has 0 bridgehead atoms. The van der Waals surface area contributed by atoms with E-state index in [1.165, 1.54) is 19.4 Å². The maximum absolute atomic E-state index is 12.2. The number of aromatic nitrogens is 1. The van der Waals surface area contributed by atoms with Gasteiger partial charge in [0.1, 0.15) is 11.9 Å². The van der Waals surface area contributed by atoms with Gasteiger partial charge in [-0.1, -0.05) is 0 Å². The Hall–Kier alpha value is -2.34. The molecule has 1 aromatic rings. The van der Waals surface area contributed by atoms with Crippen molar-refractivity contribution in [3.05, 3.63) is 48.1 Å².